The molecule has 0 fully saturated rings. The molecule has 4 nitrogen and oxygen atoms in total. The number of nitrogens with zero attached hydrogens (tertiary/aromatic N) is 1. The molecule has 212 valence electrons. The van der Waals surface area contributed by atoms with Crippen LogP contribution in [-0.2, 0) is 19.6 Å². The highest BCUT2D eigenvalue weighted by Gasteiger charge is 2.27. The highest BCUT2D eigenvalue weighted by atomic mass is 35.5. The molecule has 0 aliphatic carbocycles. The first-order valence-corrected chi connectivity index (χ1v) is 14.7. The third-order valence-corrected chi connectivity index (χ3v) is 7.67. The van der Waals surface area contributed by atoms with Crippen molar-refractivity contribution in [3.8, 4) is 5.75 Å². The zero-order valence-electron chi connectivity index (χ0n) is 22.7. The maximum atomic E-state index is 14.1. The SMILES string of the molecule is O=C(Nc1c(Cl)cc(Cl)cc1Cl)N(Cc1ccccc1)C(Cc1ccccc1)c1ccc(OCc2ccccc2)cc1. The van der Waals surface area contributed by atoms with Crippen LogP contribution < -0.4 is 10.1 Å². The lowest BCUT2D eigenvalue weighted by Gasteiger charge is -2.33. The average Bonchev–Trinajstić information content (AvgIpc) is 3.01. The van der Waals surface area contributed by atoms with Crippen LogP contribution >= 0.6 is 34.8 Å². The van der Waals surface area contributed by atoms with Crippen molar-refractivity contribution in [2.45, 2.75) is 25.6 Å². The zero-order valence-corrected chi connectivity index (χ0v) is 25.0. The number of anilines is 1. The number of hydrogen-bond acceptors (Lipinski definition) is 2. The second-order valence-corrected chi connectivity index (χ2v) is 11.1. The molecule has 0 aliphatic rings. The van der Waals surface area contributed by atoms with Crippen molar-refractivity contribution in [2.75, 3.05) is 5.32 Å². The highest BCUT2D eigenvalue weighted by molar-refractivity contribution is 6.42. The highest BCUT2D eigenvalue weighted by Crippen LogP contribution is 2.35. The van der Waals surface area contributed by atoms with Crippen LogP contribution in [0.2, 0.25) is 15.1 Å². The van der Waals surface area contributed by atoms with E-state index < -0.39 is 0 Å². The van der Waals surface area contributed by atoms with E-state index in [0.717, 1.165) is 28.0 Å². The van der Waals surface area contributed by atoms with Crippen molar-refractivity contribution in [3.05, 3.63) is 165 Å². The predicted octanol–water partition coefficient (Wildman–Crippen LogP) is 10.2. The van der Waals surface area contributed by atoms with Gasteiger partial charge >= 0.3 is 6.03 Å². The van der Waals surface area contributed by atoms with Gasteiger partial charge in [0.15, 0.2) is 0 Å². The first kappa shape index (κ1) is 29.5. The van der Waals surface area contributed by atoms with Gasteiger partial charge < -0.3 is 15.0 Å². The van der Waals surface area contributed by atoms with Crippen molar-refractivity contribution in [1.82, 2.24) is 4.90 Å². The van der Waals surface area contributed by atoms with Gasteiger partial charge in [0.05, 0.1) is 21.8 Å². The molecule has 0 aromatic heterocycles. The van der Waals surface area contributed by atoms with Gasteiger partial charge in [0.2, 0.25) is 0 Å². The summed E-state index contributed by atoms with van der Waals surface area (Å²) in [6, 6.07) is 40.4. The summed E-state index contributed by atoms with van der Waals surface area (Å²) >= 11 is 19.0. The summed E-state index contributed by atoms with van der Waals surface area (Å²) in [4.78, 5) is 15.9. The number of ether oxygens (including phenoxy) is 1. The molecule has 1 unspecified atom stereocenters. The lowest BCUT2D eigenvalue weighted by molar-refractivity contribution is 0.183. The van der Waals surface area contributed by atoms with Crippen molar-refractivity contribution in [2.24, 2.45) is 0 Å². The molecule has 5 aromatic carbocycles. The minimum absolute atomic E-state index is 0.264. The summed E-state index contributed by atoms with van der Waals surface area (Å²) in [5.41, 5.74) is 4.45. The minimum atomic E-state index is -0.338. The molecule has 42 heavy (non-hydrogen) atoms. The summed E-state index contributed by atoms with van der Waals surface area (Å²) in [5.74, 6) is 0.750. The molecule has 5 rings (SSSR count). The number of rotatable bonds is 10. The van der Waals surface area contributed by atoms with Crippen molar-refractivity contribution in [1.29, 1.82) is 0 Å². The van der Waals surface area contributed by atoms with Gasteiger partial charge in [0.25, 0.3) is 0 Å². The maximum Gasteiger partial charge on any atom is 0.322 e. The van der Waals surface area contributed by atoms with E-state index in [4.69, 9.17) is 39.5 Å². The molecule has 1 N–H and O–H groups in total. The maximum absolute atomic E-state index is 14.1. The summed E-state index contributed by atoms with van der Waals surface area (Å²) in [6.07, 6.45) is 0.591. The molecule has 7 heteroatoms. The molecular weight excluding hydrogens is 587 g/mol. The Morgan fingerprint density at radius 2 is 1.21 bits per heavy atom. The molecule has 0 aliphatic heterocycles. The second-order valence-electron chi connectivity index (χ2n) is 9.84. The van der Waals surface area contributed by atoms with E-state index in [-0.39, 0.29) is 22.1 Å². The van der Waals surface area contributed by atoms with Gasteiger partial charge in [-0.15, -0.1) is 0 Å². The van der Waals surface area contributed by atoms with Crippen LogP contribution in [0.1, 0.15) is 28.3 Å². The second kappa shape index (κ2) is 14.3. The van der Waals surface area contributed by atoms with Crippen LogP contribution in [0.4, 0.5) is 10.5 Å². The largest absolute Gasteiger partial charge is 0.489 e. The topological polar surface area (TPSA) is 41.6 Å². The van der Waals surface area contributed by atoms with E-state index in [9.17, 15) is 4.79 Å². The Bertz CT molecular complexity index is 1580. The number of urea groups is 1. The molecule has 0 spiro atoms. The molecular formula is C35H29Cl3N2O2. The summed E-state index contributed by atoms with van der Waals surface area (Å²) in [6.45, 7) is 0.831. The molecule has 0 radical (unpaired) electrons. The van der Waals surface area contributed by atoms with Crippen LogP contribution in [0.3, 0.4) is 0 Å². The number of nitrogens with one attached hydrogen (secondary N) is 1. The quantitative estimate of drug-likeness (QED) is 0.170. The number of hydrogen-bond donors (Lipinski definition) is 1. The fraction of sp³-hybridized carbons (Fsp3) is 0.114. The standard InChI is InChI=1S/C35H29Cl3N2O2/c36-29-21-31(37)34(32(38)22-29)39-35(41)40(23-26-12-6-2-7-13-26)33(20-25-10-4-1-5-11-25)28-16-18-30(19-17-28)42-24-27-14-8-3-9-15-27/h1-19,21-22,33H,20,23-24H2,(H,39,41). The summed E-state index contributed by atoms with van der Waals surface area (Å²) in [7, 11) is 0. The van der Waals surface area contributed by atoms with Gasteiger partial charge in [-0.1, -0.05) is 138 Å². The van der Waals surface area contributed by atoms with Crippen molar-refractivity contribution in [3.63, 3.8) is 0 Å². The summed E-state index contributed by atoms with van der Waals surface area (Å²) in [5, 5.41) is 3.87. The smallest absolute Gasteiger partial charge is 0.322 e. The third kappa shape index (κ3) is 7.86. The molecule has 0 saturated carbocycles. The molecule has 5 aromatic rings. The van der Waals surface area contributed by atoms with Crippen molar-refractivity contribution < 1.29 is 9.53 Å². The Hall–Kier alpha value is -3.96. The minimum Gasteiger partial charge on any atom is -0.489 e. The Balaban J connectivity index is 1.48. The van der Waals surface area contributed by atoms with Gasteiger partial charge in [-0.3, -0.25) is 0 Å². The van der Waals surface area contributed by atoms with E-state index in [1.165, 1.54) is 0 Å². The Morgan fingerprint density at radius 1 is 0.690 bits per heavy atom. The average molecular weight is 616 g/mol. The molecule has 2 amide bonds. The Labute approximate surface area is 261 Å². The monoisotopic (exact) mass is 614 g/mol. The van der Waals surface area contributed by atoms with Crippen LogP contribution in [0.5, 0.6) is 5.75 Å². The number of amides is 2. The molecule has 0 heterocycles. The number of benzene rings is 5. The lowest BCUT2D eigenvalue weighted by atomic mass is 9.96. The molecule has 1 atom stereocenters. The number of carbonyl (C=O) groups is 1. The van der Waals surface area contributed by atoms with Gasteiger partial charge in [0.1, 0.15) is 12.4 Å². The van der Waals surface area contributed by atoms with E-state index in [1.807, 2.05) is 108 Å². The first-order chi connectivity index (χ1) is 20.5. The van der Waals surface area contributed by atoms with E-state index >= 15 is 0 Å². The number of halogens is 3. The Kier molecular flexibility index (Phi) is 10.0. The fourth-order valence-electron chi connectivity index (χ4n) is 4.72. The predicted molar refractivity (Wildman–Crippen MR) is 173 cm³/mol. The number of carbonyl (C=O) groups excluding carboxylic acids is 1. The van der Waals surface area contributed by atoms with Crippen LogP contribution in [0, 0.1) is 0 Å². The first-order valence-electron chi connectivity index (χ1n) is 13.5. The van der Waals surface area contributed by atoms with Gasteiger partial charge in [0, 0.05) is 11.6 Å². The molecule has 0 bridgehead atoms. The fourth-order valence-corrected chi connectivity index (χ4v) is 5.63. The molecule has 0 saturated heterocycles. The van der Waals surface area contributed by atoms with Gasteiger partial charge in [-0.2, -0.15) is 0 Å². The van der Waals surface area contributed by atoms with Gasteiger partial charge in [-0.25, -0.2) is 4.79 Å². The van der Waals surface area contributed by atoms with Gasteiger partial charge in [-0.05, 0) is 52.9 Å². The van der Waals surface area contributed by atoms with E-state index in [1.54, 1.807) is 12.1 Å². The third-order valence-electron chi connectivity index (χ3n) is 6.86. The Morgan fingerprint density at radius 3 is 1.79 bits per heavy atom. The zero-order chi connectivity index (χ0) is 29.3. The van der Waals surface area contributed by atoms with E-state index in [0.29, 0.717) is 30.3 Å². The summed E-state index contributed by atoms with van der Waals surface area (Å²) < 4.78 is 6.03. The van der Waals surface area contributed by atoms with Crippen LogP contribution in [0.25, 0.3) is 0 Å². The van der Waals surface area contributed by atoms with Crippen molar-refractivity contribution >= 4 is 46.5 Å². The lowest BCUT2D eigenvalue weighted by Crippen LogP contribution is -2.38. The van der Waals surface area contributed by atoms with E-state index in [2.05, 4.69) is 17.4 Å². The normalized spacial score (nSPS) is 11.5. The van der Waals surface area contributed by atoms with Crippen LogP contribution in [-0.4, -0.2) is 10.9 Å². The van der Waals surface area contributed by atoms with Crippen LogP contribution in [0.15, 0.2) is 127 Å².